The second-order valence-electron chi connectivity index (χ2n) is 5.58. The van der Waals surface area contributed by atoms with Gasteiger partial charge in [0.05, 0.1) is 6.61 Å². The summed E-state index contributed by atoms with van der Waals surface area (Å²) >= 11 is 0. The van der Waals surface area contributed by atoms with Crippen molar-refractivity contribution in [3.63, 3.8) is 0 Å². The normalized spacial score (nSPS) is 13.8. The number of guanidine groups is 1. The summed E-state index contributed by atoms with van der Waals surface area (Å²) in [4.78, 5) is 18.3. The Bertz CT molecular complexity index is 549. The molecule has 1 aliphatic heterocycles. The average Bonchev–Trinajstić information content (AvgIpc) is 2.57. The molecular weight excluding hydrogens is 417 g/mol. The SMILES string of the molecule is CCNC(=NCCCC(=O)OCC)N1CCc2ccccc2C1.I. The van der Waals surface area contributed by atoms with Crippen molar-refractivity contribution < 1.29 is 9.53 Å². The number of benzene rings is 1. The summed E-state index contributed by atoms with van der Waals surface area (Å²) in [6.45, 7) is 7.69. The second kappa shape index (κ2) is 11.3. The standard InChI is InChI=1S/C18H27N3O2.HI/c1-3-19-18(20-12-7-10-17(22)23-4-2)21-13-11-15-8-5-6-9-16(15)14-21;/h5-6,8-9H,3-4,7,10-14H2,1-2H3,(H,19,20);1H. The molecule has 1 heterocycles. The molecule has 1 aliphatic rings. The maximum atomic E-state index is 11.4. The van der Waals surface area contributed by atoms with Gasteiger partial charge in [-0.25, -0.2) is 0 Å². The zero-order chi connectivity index (χ0) is 16.5. The maximum absolute atomic E-state index is 11.4. The highest BCUT2D eigenvalue weighted by atomic mass is 127. The van der Waals surface area contributed by atoms with E-state index in [0.29, 0.717) is 19.6 Å². The van der Waals surface area contributed by atoms with Crippen molar-refractivity contribution in [2.45, 2.75) is 39.7 Å². The second-order valence-corrected chi connectivity index (χ2v) is 5.58. The van der Waals surface area contributed by atoms with E-state index in [1.54, 1.807) is 0 Å². The molecule has 1 aromatic rings. The fourth-order valence-electron chi connectivity index (χ4n) is 2.74. The van der Waals surface area contributed by atoms with Crippen LogP contribution in [0.3, 0.4) is 0 Å². The molecule has 0 bridgehead atoms. The number of hydrogen-bond acceptors (Lipinski definition) is 3. The fraction of sp³-hybridized carbons (Fsp3) is 0.556. The summed E-state index contributed by atoms with van der Waals surface area (Å²) in [5.74, 6) is 0.797. The molecular formula is C18H28IN3O2. The number of carbonyl (C=O) groups excluding carboxylic acids is 1. The number of esters is 1. The molecule has 0 atom stereocenters. The molecule has 0 radical (unpaired) electrons. The minimum atomic E-state index is -0.139. The Balaban J connectivity index is 0.00000288. The summed E-state index contributed by atoms with van der Waals surface area (Å²) in [6.07, 6.45) is 2.20. The lowest BCUT2D eigenvalue weighted by Gasteiger charge is -2.31. The molecule has 6 heteroatoms. The van der Waals surface area contributed by atoms with E-state index < -0.39 is 0 Å². The van der Waals surface area contributed by atoms with Gasteiger partial charge in [-0.05, 0) is 37.8 Å². The lowest BCUT2D eigenvalue weighted by molar-refractivity contribution is -0.143. The van der Waals surface area contributed by atoms with E-state index in [2.05, 4.69) is 46.4 Å². The van der Waals surface area contributed by atoms with Gasteiger partial charge in [0.1, 0.15) is 0 Å². The van der Waals surface area contributed by atoms with E-state index >= 15 is 0 Å². The topological polar surface area (TPSA) is 53.9 Å². The number of hydrogen-bond donors (Lipinski definition) is 1. The van der Waals surface area contributed by atoms with Crippen molar-refractivity contribution in [2.24, 2.45) is 4.99 Å². The molecule has 134 valence electrons. The van der Waals surface area contributed by atoms with E-state index in [1.165, 1.54) is 11.1 Å². The zero-order valence-corrected chi connectivity index (χ0v) is 16.9. The van der Waals surface area contributed by atoms with Crippen molar-refractivity contribution in [1.82, 2.24) is 10.2 Å². The van der Waals surface area contributed by atoms with Crippen LogP contribution in [0.25, 0.3) is 0 Å². The minimum absolute atomic E-state index is 0. The Morgan fingerprint density at radius 2 is 2.04 bits per heavy atom. The van der Waals surface area contributed by atoms with Crippen LogP contribution in [0.15, 0.2) is 29.3 Å². The van der Waals surface area contributed by atoms with Crippen LogP contribution in [0.2, 0.25) is 0 Å². The molecule has 5 nitrogen and oxygen atoms in total. The van der Waals surface area contributed by atoms with Gasteiger partial charge in [-0.1, -0.05) is 24.3 Å². The monoisotopic (exact) mass is 445 g/mol. The first kappa shape index (κ1) is 20.7. The first-order chi connectivity index (χ1) is 11.2. The number of ether oxygens (including phenoxy) is 1. The van der Waals surface area contributed by atoms with Crippen molar-refractivity contribution in [3.8, 4) is 0 Å². The molecule has 24 heavy (non-hydrogen) atoms. The Hall–Kier alpha value is -1.31. The fourth-order valence-corrected chi connectivity index (χ4v) is 2.74. The largest absolute Gasteiger partial charge is 0.466 e. The van der Waals surface area contributed by atoms with Crippen LogP contribution >= 0.6 is 24.0 Å². The first-order valence-corrected chi connectivity index (χ1v) is 8.50. The van der Waals surface area contributed by atoms with Crippen molar-refractivity contribution in [2.75, 3.05) is 26.2 Å². The molecule has 0 unspecified atom stereocenters. The highest BCUT2D eigenvalue weighted by Gasteiger charge is 2.18. The predicted octanol–water partition coefficient (Wildman–Crippen LogP) is 2.97. The molecule has 0 saturated heterocycles. The summed E-state index contributed by atoms with van der Waals surface area (Å²) in [5, 5.41) is 3.36. The van der Waals surface area contributed by atoms with Crippen LogP contribution in [0, 0.1) is 0 Å². The smallest absolute Gasteiger partial charge is 0.305 e. The molecule has 2 rings (SSSR count). The van der Waals surface area contributed by atoms with Crippen molar-refractivity contribution >= 4 is 35.9 Å². The van der Waals surface area contributed by atoms with Crippen LogP contribution in [0.1, 0.15) is 37.8 Å². The van der Waals surface area contributed by atoms with E-state index in [0.717, 1.165) is 38.4 Å². The summed E-state index contributed by atoms with van der Waals surface area (Å²) in [7, 11) is 0. The van der Waals surface area contributed by atoms with Gasteiger partial charge in [-0.2, -0.15) is 0 Å². The molecule has 1 N–H and O–H groups in total. The lowest BCUT2D eigenvalue weighted by Crippen LogP contribution is -2.44. The number of halogens is 1. The highest BCUT2D eigenvalue weighted by Crippen LogP contribution is 2.18. The van der Waals surface area contributed by atoms with E-state index in [9.17, 15) is 4.79 Å². The summed E-state index contributed by atoms with van der Waals surface area (Å²) in [5.41, 5.74) is 2.80. The van der Waals surface area contributed by atoms with Gasteiger partial charge in [-0.3, -0.25) is 9.79 Å². The highest BCUT2D eigenvalue weighted by molar-refractivity contribution is 14.0. The Labute approximate surface area is 161 Å². The molecule has 0 aliphatic carbocycles. The third-order valence-corrected chi connectivity index (χ3v) is 3.87. The molecule has 0 amide bonds. The van der Waals surface area contributed by atoms with Gasteiger partial charge >= 0.3 is 5.97 Å². The van der Waals surface area contributed by atoms with E-state index in [4.69, 9.17) is 4.74 Å². The molecule has 0 saturated carbocycles. The Morgan fingerprint density at radius 3 is 2.75 bits per heavy atom. The summed E-state index contributed by atoms with van der Waals surface area (Å²) in [6, 6.07) is 8.58. The number of nitrogens with one attached hydrogen (secondary N) is 1. The van der Waals surface area contributed by atoms with E-state index in [-0.39, 0.29) is 29.9 Å². The van der Waals surface area contributed by atoms with Gasteiger partial charge in [0.15, 0.2) is 5.96 Å². The number of nitrogens with zero attached hydrogens (tertiary/aromatic N) is 2. The Morgan fingerprint density at radius 1 is 1.29 bits per heavy atom. The lowest BCUT2D eigenvalue weighted by atomic mass is 10.0. The van der Waals surface area contributed by atoms with Crippen molar-refractivity contribution in [1.29, 1.82) is 0 Å². The quantitative estimate of drug-likeness (QED) is 0.241. The average molecular weight is 445 g/mol. The predicted molar refractivity (Wildman–Crippen MR) is 108 cm³/mol. The van der Waals surface area contributed by atoms with Gasteiger partial charge in [-0.15, -0.1) is 24.0 Å². The minimum Gasteiger partial charge on any atom is -0.466 e. The number of rotatable bonds is 6. The zero-order valence-electron chi connectivity index (χ0n) is 14.6. The van der Waals surface area contributed by atoms with Gasteiger partial charge in [0.2, 0.25) is 0 Å². The summed E-state index contributed by atoms with van der Waals surface area (Å²) < 4.78 is 4.94. The van der Waals surface area contributed by atoms with Crippen LogP contribution in [0.4, 0.5) is 0 Å². The first-order valence-electron chi connectivity index (χ1n) is 8.50. The number of carbonyl (C=O) groups is 1. The van der Waals surface area contributed by atoms with Crippen LogP contribution in [-0.2, 0) is 22.5 Å². The van der Waals surface area contributed by atoms with Gasteiger partial charge in [0, 0.05) is 32.6 Å². The molecule has 0 aromatic heterocycles. The van der Waals surface area contributed by atoms with Crippen LogP contribution < -0.4 is 5.32 Å². The van der Waals surface area contributed by atoms with Crippen LogP contribution in [-0.4, -0.2) is 43.1 Å². The van der Waals surface area contributed by atoms with Crippen LogP contribution in [0.5, 0.6) is 0 Å². The third kappa shape index (κ3) is 6.30. The number of aliphatic imine (C=N–C) groups is 1. The van der Waals surface area contributed by atoms with Crippen molar-refractivity contribution in [3.05, 3.63) is 35.4 Å². The molecule has 0 spiro atoms. The molecule has 0 fully saturated rings. The van der Waals surface area contributed by atoms with Gasteiger partial charge in [0.25, 0.3) is 0 Å². The van der Waals surface area contributed by atoms with Gasteiger partial charge < -0.3 is 15.0 Å². The third-order valence-electron chi connectivity index (χ3n) is 3.87. The van der Waals surface area contributed by atoms with E-state index in [1.807, 2.05) is 6.92 Å². The molecule has 1 aromatic carbocycles. The maximum Gasteiger partial charge on any atom is 0.305 e. The Kier molecular flexibility index (Phi) is 9.75. The number of fused-ring (bicyclic) bond motifs is 1.